The third kappa shape index (κ3) is 2.65. The van der Waals surface area contributed by atoms with Crippen molar-refractivity contribution in [1.29, 1.82) is 0 Å². The van der Waals surface area contributed by atoms with Crippen molar-refractivity contribution < 1.29 is 14.6 Å². The van der Waals surface area contributed by atoms with Crippen LogP contribution >= 0.6 is 11.6 Å². The lowest BCUT2D eigenvalue weighted by molar-refractivity contribution is 0.0343. The zero-order chi connectivity index (χ0) is 14.1. The van der Waals surface area contributed by atoms with E-state index in [0.29, 0.717) is 5.02 Å². The second-order valence-electron chi connectivity index (χ2n) is 4.91. The number of nitrogens with one attached hydrogen (secondary N) is 1. The fraction of sp³-hybridized carbons (Fsp3) is 0.357. The van der Waals surface area contributed by atoms with Crippen molar-refractivity contribution in [3.63, 3.8) is 0 Å². The minimum absolute atomic E-state index is 0.186. The van der Waals surface area contributed by atoms with Crippen LogP contribution in [-0.2, 0) is 11.3 Å². The van der Waals surface area contributed by atoms with Crippen molar-refractivity contribution >= 4 is 28.5 Å². The lowest BCUT2D eigenvalue weighted by atomic mass is 10.1. The summed E-state index contributed by atoms with van der Waals surface area (Å²) in [5.74, 6) is -0.963. The van der Waals surface area contributed by atoms with E-state index in [1.807, 2.05) is 6.07 Å². The SMILES string of the molecule is O=C(O)c1cc2cc(Cl)cc(CN3CCOCC3)c2[nH]1. The van der Waals surface area contributed by atoms with Crippen LogP contribution < -0.4 is 0 Å². The Labute approximate surface area is 121 Å². The van der Waals surface area contributed by atoms with E-state index in [9.17, 15) is 4.79 Å². The minimum Gasteiger partial charge on any atom is -0.477 e. The van der Waals surface area contributed by atoms with Gasteiger partial charge in [-0.25, -0.2) is 4.79 Å². The van der Waals surface area contributed by atoms with Crippen LogP contribution in [0.25, 0.3) is 10.9 Å². The first-order valence-corrected chi connectivity index (χ1v) is 6.86. The molecule has 106 valence electrons. The molecule has 0 unspecified atom stereocenters. The summed E-state index contributed by atoms with van der Waals surface area (Å²) in [6.07, 6.45) is 0. The quantitative estimate of drug-likeness (QED) is 0.912. The molecule has 1 aliphatic heterocycles. The lowest BCUT2D eigenvalue weighted by Gasteiger charge is -2.26. The molecule has 1 saturated heterocycles. The number of ether oxygens (including phenoxy) is 1. The molecule has 2 N–H and O–H groups in total. The molecular formula is C14H15ClN2O3. The first-order valence-electron chi connectivity index (χ1n) is 6.48. The molecule has 3 rings (SSSR count). The number of halogens is 1. The largest absolute Gasteiger partial charge is 0.477 e. The van der Waals surface area contributed by atoms with Gasteiger partial charge in [0, 0.05) is 30.0 Å². The predicted octanol–water partition coefficient (Wildman–Crippen LogP) is 2.35. The van der Waals surface area contributed by atoms with Crippen LogP contribution in [0.4, 0.5) is 0 Å². The van der Waals surface area contributed by atoms with Crippen LogP contribution in [-0.4, -0.2) is 47.3 Å². The third-order valence-electron chi connectivity index (χ3n) is 3.50. The molecule has 0 saturated carbocycles. The van der Waals surface area contributed by atoms with E-state index in [0.717, 1.165) is 49.3 Å². The number of carbonyl (C=O) groups is 1. The molecule has 0 spiro atoms. The van der Waals surface area contributed by atoms with Gasteiger partial charge in [-0.1, -0.05) is 11.6 Å². The molecule has 5 nitrogen and oxygen atoms in total. The van der Waals surface area contributed by atoms with Crippen molar-refractivity contribution in [2.24, 2.45) is 0 Å². The zero-order valence-corrected chi connectivity index (χ0v) is 11.6. The first-order chi connectivity index (χ1) is 9.63. The molecule has 2 heterocycles. The summed E-state index contributed by atoms with van der Waals surface area (Å²) < 4.78 is 5.33. The van der Waals surface area contributed by atoms with Crippen molar-refractivity contribution in [3.05, 3.63) is 34.5 Å². The molecule has 0 radical (unpaired) electrons. The highest BCUT2D eigenvalue weighted by Crippen LogP contribution is 2.26. The van der Waals surface area contributed by atoms with E-state index in [2.05, 4.69) is 9.88 Å². The third-order valence-corrected chi connectivity index (χ3v) is 3.72. The molecule has 1 aromatic carbocycles. The molecule has 1 aliphatic rings. The Morgan fingerprint density at radius 3 is 2.80 bits per heavy atom. The maximum absolute atomic E-state index is 11.1. The number of hydrogen-bond donors (Lipinski definition) is 2. The maximum Gasteiger partial charge on any atom is 0.352 e. The van der Waals surface area contributed by atoms with Crippen LogP contribution in [0.15, 0.2) is 18.2 Å². The van der Waals surface area contributed by atoms with E-state index in [1.54, 1.807) is 12.1 Å². The van der Waals surface area contributed by atoms with Gasteiger partial charge in [0.25, 0.3) is 0 Å². The molecule has 0 aliphatic carbocycles. The number of rotatable bonds is 3. The number of benzene rings is 1. The monoisotopic (exact) mass is 294 g/mol. The second-order valence-corrected chi connectivity index (χ2v) is 5.34. The lowest BCUT2D eigenvalue weighted by Crippen LogP contribution is -2.35. The first kappa shape index (κ1) is 13.4. The van der Waals surface area contributed by atoms with Crippen LogP contribution in [0, 0.1) is 0 Å². The van der Waals surface area contributed by atoms with Crippen molar-refractivity contribution in [2.75, 3.05) is 26.3 Å². The summed E-state index contributed by atoms with van der Waals surface area (Å²) in [7, 11) is 0. The average molecular weight is 295 g/mol. The van der Waals surface area contributed by atoms with Gasteiger partial charge in [0.1, 0.15) is 5.69 Å². The molecule has 0 amide bonds. The van der Waals surface area contributed by atoms with E-state index < -0.39 is 5.97 Å². The second kappa shape index (κ2) is 5.44. The summed E-state index contributed by atoms with van der Waals surface area (Å²) >= 11 is 6.13. The Morgan fingerprint density at radius 2 is 2.10 bits per heavy atom. The molecule has 1 aromatic heterocycles. The van der Waals surface area contributed by atoms with Crippen molar-refractivity contribution in [3.8, 4) is 0 Å². The highest BCUT2D eigenvalue weighted by molar-refractivity contribution is 6.31. The number of carboxylic acids is 1. The fourth-order valence-electron chi connectivity index (χ4n) is 2.52. The van der Waals surface area contributed by atoms with Gasteiger partial charge in [-0.2, -0.15) is 0 Å². The number of fused-ring (bicyclic) bond motifs is 1. The van der Waals surface area contributed by atoms with Crippen LogP contribution in [0.1, 0.15) is 16.1 Å². The molecule has 1 fully saturated rings. The summed E-state index contributed by atoms with van der Waals surface area (Å²) in [6.45, 7) is 3.95. The summed E-state index contributed by atoms with van der Waals surface area (Å²) in [5, 5.41) is 10.5. The Balaban J connectivity index is 1.97. The fourth-order valence-corrected chi connectivity index (χ4v) is 2.77. The van der Waals surface area contributed by atoms with Crippen molar-refractivity contribution in [2.45, 2.75) is 6.54 Å². The number of nitrogens with zero attached hydrogens (tertiary/aromatic N) is 1. The van der Waals surface area contributed by atoms with Crippen LogP contribution in [0.2, 0.25) is 5.02 Å². The zero-order valence-electron chi connectivity index (χ0n) is 10.9. The van der Waals surface area contributed by atoms with Gasteiger partial charge in [-0.05, 0) is 23.8 Å². The van der Waals surface area contributed by atoms with Crippen molar-refractivity contribution in [1.82, 2.24) is 9.88 Å². The number of carboxylic acid groups (broad SMARTS) is 1. The molecule has 0 bridgehead atoms. The highest BCUT2D eigenvalue weighted by Gasteiger charge is 2.15. The van der Waals surface area contributed by atoms with E-state index >= 15 is 0 Å². The summed E-state index contributed by atoms with van der Waals surface area (Å²) in [5.41, 5.74) is 2.05. The van der Waals surface area contributed by atoms with Gasteiger partial charge in [0.15, 0.2) is 0 Å². The Hall–Kier alpha value is -1.56. The standard InChI is InChI=1S/C14H15ClN2O3/c15-11-5-9-7-12(14(18)19)16-13(9)10(6-11)8-17-1-3-20-4-2-17/h5-7,16H,1-4,8H2,(H,18,19). The van der Waals surface area contributed by atoms with E-state index in [-0.39, 0.29) is 5.69 Å². The Morgan fingerprint density at radius 1 is 1.35 bits per heavy atom. The van der Waals surface area contributed by atoms with Crippen LogP contribution in [0.3, 0.4) is 0 Å². The van der Waals surface area contributed by atoms with Gasteiger partial charge in [-0.15, -0.1) is 0 Å². The molecule has 20 heavy (non-hydrogen) atoms. The van der Waals surface area contributed by atoms with Gasteiger partial charge in [-0.3, -0.25) is 4.90 Å². The normalized spacial score (nSPS) is 16.6. The van der Waals surface area contributed by atoms with E-state index in [1.165, 1.54) is 0 Å². The Bertz CT molecular complexity index is 647. The van der Waals surface area contributed by atoms with Crippen LogP contribution in [0.5, 0.6) is 0 Å². The molecule has 2 aromatic rings. The number of aromatic nitrogens is 1. The Kier molecular flexibility index (Phi) is 3.65. The molecular weight excluding hydrogens is 280 g/mol. The molecule has 6 heteroatoms. The number of aromatic carboxylic acids is 1. The molecule has 0 atom stereocenters. The maximum atomic E-state index is 11.1. The average Bonchev–Trinajstić information content (AvgIpc) is 2.84. The topological polar surface area (TPSA) is 65.6 Å². The number of H-pyrrole nitrogens is 1. The van der Waals surface area contributed by atoms with Gasteiger partial charge in [0.05, 0.1) is 18.7 Å². The summed E-state index contributed by atoms with van der Waals surface area (Å²) in [6, 6.07) is 5.29. The predicted molar refractivity (Wildman–Crippen MR) is 76.4 cm³/mol. The minimum atomic E-state index is -0.963. The number of morpholine rings is 1. The van der Waals surface area contributed by atoms with E-state index in [4.69, 9.17) is 21.4 Å². The smallest absolute Gasteiger partial charge is 0.352 e. The summed E-state index contributed by atoms with van der Waals surface area (Å²) in [4.78, 5) is 16.3. The van der Waals surface area contributed by atoms with Gasteiger partial charge < -0.3 is 14.8 Å². The van der Waals surface area contributed by atoms with Gasteiger partial charge >= 0.3 is 5.97 Å². The highest BCUT2D eigenvalue weighted by atomic mass is 35.5. The number of aromatic amines is 1. The number of hydrogen-bond acceptors (Lipinski definition) is 3. The van der Waals surface area contributed by atoms with Gasteiger partial charge in [0.2, 0.25) is 0 Å².